The van der Waals surface area contributed by atoms with E-state index in [1.807, 2.05) is 7.05 Å². The molecule has 2 amide bonds. The monoisotopic (exact) mass is 601 g/mol. The second kappa shape index (κ2) is 12.3. The number of amides is 2. The van der Waals surface area contributed by atoms with E-state index in [1.54, 1.807) is 41.4 Å². The molecule has 2 atom stereocenters. The Morgan fingerprint density at radius 3 is 2.39 bits per heavy atom. The van der Waals surface area contributed by atoms with Gasteiger partial charge in [0.2, 0.25) is 0 Å². The summed E-state index contributed by atoms with van der Waals surface area (Å²) >= 11 is 0. The van der Waals surface area contributed by atoms with Gasteiger partial charge in [-0.1, -0.05) is 0 Å². The van der Waals surface area contributed by atoms with E-state index in [0.29, 0.717) is 29.1 Å². The molecule has 3 N–H and O–H groups in total. The molecule has 2 aliphatic rings. The average molecular weight is 602 g/mol. The van der Waals surface area contributed by atoms with E-state index in [2.05, 4.69) is 33.1 Å². The van der Waals surface area contributed by atoms with Gasteiger partial charge in [0, 0.05) is 56.4 Å². The zero-order valence-corrected chi connectivity index (χ0v) is 24.3. The van der Waals surface area contributed by atoms with Crippen LogP contribution in [0.4, 0.5) is 30.8 Å². The lowest BCUT2D eigenvalue weighted by atomic mass is 10.0. The number of benzene rings is 2. The maximum Gasteiger partial charge on any atom is 0.323 e. The standard InChI is InChI=1S/C32H33F2N7O3/c1-39-18-20-14-24(15-21(20)19-39)40(2)32(43)36-30-17-26(11-12-35-30)44-25-9-10-28(27(34)16-25)37-38-29-4-3-13-41(31(29)42)23-7-5-22(33)6-8-23/h3-13,16-17,20-21,24,37-38H,14-15,18-19H2,1-2H3,(H,35,36,43). The van der Waals surface area contributed by atoms with E-state index < -0.39 is 17.2 Å². The van der Waals surface area contributed by atoms with Gasteiger partial charge in [-0.3, -0.25) is 25.5 Å². The molecule has 4 aromatic rings. The molecule has 10 nitrogen and oxygen atoms in total. The number of fused-ring (bicyclic) bond motifs is 1. The van der Waals surface area contributed by atoms with Crippen LogP contribution in [0.25, 0.3) is 5.69 Å². The SMILES string of the molecule is CN1CC2CC(N(C)C(=O)Nc3cc(Oc4ccc(NNc5cccn(-c6ccc(F)cc6)c5=O)c(F)c4)ccn3)CC2C1. The van der Waals surface area contributed by atoms with Crippen LogP contribution in [0.15, 0.2) is 83.9 Å². The quantitative estimate of drug-likeness (QED) is 0.228. The summed E-state index contributed by atoms with van der Waals surface area (Å²) in [5.41, 5.74) is 5.78. The molecule has 1 aliphatic heterocycles. The molecule has 228 valence electrons. The first kappa shape index (κ1) is 29.1. The number of pyridine rings is 2. The van der Waals surface area contributed by atoms with Gasteiger partial charge in [-0.05, 0) is 86.3 Å². The van der Waals surface area contributed by atoms with Gasteiger partial charge in [-0.25, -0.2) is 18.6 Å². The topological polar surface area (TPSA) is 104 Å². The summed E-state index contributed by atoms with van der Waals surface area (Å²) < 4.78 is 35.4. The minimum Gasteiger partial charge on any atom is -0.457 e. The molecule has 0 bridgehead atoms. The Morgan fingerprint density at radius 2 is 1.66 bits per heavy atom. The number of nitrogens with zero attached hydrogens (tertiary/aromatic N) is 4. The summed E-state index contributed by atoms with van der Waals surface area (Å²) in [6, 6.07) is 16.1. The highest BCUT2D eigenvalue weighted by Gasteiger charge is 2.41. The van der Waals surface area contributed by atoms with Crippen LogP contribution < -0.4 is 26.5 Å². The first-order chi connectivity index (χ1) is 21.2. The van der Waals surface area contributed by atoms with Gasteiger partial charge < -0.3 is 14.5 Å². The molecule has 2 aromatic heterocycles. The van der Waals surface area contributed by atoms with E-state index in [-0.39, 0.29) is 29.2 Å². The summed E-state index contributed by atoms with van der Waals surface area (Å²) in [5, 5.41) is 2.84. The summed E-state index contributed by atoms with van der Waals surface area (Å²) in [7, 11) is 3.96. The number of urea groups is 1. The molecule has 2 unspecified atom stereocenters. The molecule has 44 heavy (non-hydrogen) atoms. The average Bonchev–Trinajstić information content (AvgIpc) is 3.55. The Kier molecular flexibility index (Phi) is 8.16. The van der Waals surface area contributed by atoms with Crippen molar-refractivity contribution in [1.82, 2.24) is 19.4 Å². The van der Waals surface area contributed by atoms with Gasteiger partial charge in [-0.15, -0.1) is 0 Å². The smallest absolute Gasteiger partial charge is 0.323 e. The number of hydrogen-bond acceptors (Lipinski definition) is 7. The molecule has 3 heterocycles. The van der Waals surface area contributed by atoms with E-state index in [4.69, 9.17) is 4.74 Å². The first-order valence-electron chi connectivity index (χ1n) is 14.4. The van der Waals surface area contributed by atoms with E-state index in [1.165, 1.54) is 47.2 Å². The molecule has 12 heteroatoms. The maximum absolute atomic E-state index is 15.0. The molecule has 2 aromatic carbocycles. The van der Waals surface area contributed by atoms with Crippen LogP contribution in [-0.4, -0.2) is 58.6 Å². The number of hydrogen-bond donors (Lipinski definition) is 3. The zero-order chi connectivity index (χ0) is 30.8. The van der Waals surface area contributed by atoms with Crippen LogP contribution in [0.5, 0.6) is 11.5 Å². The largest absolute Gasteiger partial charge is 0.457 e. The number of rotatable bonds is 8. The van der Waals surface area contributed by atoms with Crippen LogP contribution in [-0.2, 0) is 0 Å². The van der Waals surface area contributed by atoms with Gasteiger partial charge in [0.05, 0.1) is 5.69 Å². The van der Waals surface area contributed by atoms with Crippen LogP contribution in [0, 0.1) is 23.5 Å². The van der Waals surface area contributed by atoms with E-state index in [9.17, 15) is 18.4 Å². The van der Waals surface area contributed by atoms with Crippen molar-refractivity contribution in [3.8, 4) is 17.2 Å². The first-order valence-corrected chi connectivity index (χ1v) is 14.4. The molecule has 2 fully saturated rings. The fourth-order valence-corrected chi connectivity index (χ4v) is 6.05. The fourth-order valence-electron chi connectivity index (χ4n) is 6.05. The van der Waals surface area contributed by atoms with Gasteiger partial charge in [0.1, 0.15) is 28.8 Å². The number of nitrogens with one attached hydrogen (secondary N) is 3. The zero-order valence-electron chi connectivity index (χ0n) is 24.3. The number of carbonyl (C=O) groups excluding carboxylic acids is 1. The summed E-state index contributed by atoms with van der Waals surface area (Å²) in [6.07, 6.45) is 5.07. The number of halogens is 2. The third-order valence-electron chi connectivity index (χ3n) is 8.30. The van der Waals surface area contributed by atoms with Crippen molar-refractivity contribution in [1.29, 1.82) is 0 Å². The van der Waals surface area contributed by atoms with Crippen molar-refractivity contribution in [2.45, 2.75) is 18.9 Å². The van der Waals surface area contributed by atoms with Crippen LogP contribution in [0.1, 0.15) is 12.8 Å². The number of carbonyl (C=O) groups is 1. The Balaban J connectivity index is 1.06. The van der Waals surface area contributed by atoms with Crippen molar-refractivity contribution in [2.75, 3.05) is 43.4 Å². The van der Waals surface area contributed by atoms with Gasteiger partial charge in [-0.2, -0.15) is 0 Å². The number of aromatic nitrogens is 2. The van der Waals surface area contributed by atoms with Crippen LogP contribution >= 0.6 is 0 Å². The highest BCUT2D eigenvalue weighted by molar-refractivity contribution is 5.88. The number of anilines is 3. The third kappa shape index (κ3) is 6.35. The highest BCUT2D eigenvalue weighted by Crippen LogP contribution is 2.39. The highest BCUT2D eigenvalue weighted by atomic mass is 19.1. The Morgan fingerprint density at radius 1 is 0.955 bits per heavy atom. The lowest BCUT2D eigenvalue weighted by molar-refractivity contribution is 0.199. The van der Waals surface area contributed by atoms with Crippen molar-refractivity contribution in [3.63, 3.8) is 0 Å². The van der Waals surface area contributed by atoms with Crippen molar-refractivity contribution in [2.24, 2.45) is 11.8 Å². The summed E-state index contributed by atoms with van der Waals surface area (Å²) in [6.45, 7) is 2.16. The third-order valence-corrected chi connectivity index (χ3v) is 8.30. The van der Waals surface area contributed by atoms with E-state index in [0.717, 1.165) is 25.9 Å². The molecule has 1 saturated carbocycles. The minimum atomic E-state index is -0.624. The van der Waals surface area contributed by atoms with Gasteiger partial charge in [0.25, 0.3) is 5.56 Å². The maximum atomic E-state index is 15.0. The van der Waals surface area contributed by atoms with Gasteiger partial charge >= 0.3 is 6.03 Å². The molecule has 0 radical (unpaired) electrons. The van der Waals surface area contributed by atoms with Crippen molar-refractivity contribution in [3.05, 3.63) is 101 Å². The number of ether oxygens (including phenoxy) is 1. The molecule has 6 rings (SSSR count). The van der Waals surface area contributed by atoms with Gasteiger partial charge in [0.15, 0.2) is 5.82 Å². The predicted molar refractivity (Wildman–Crippen MR) is 164 cm³/mol. The normalized spacial score (nSPS) is 19.3. The Hall–Kier alpha value is -4.97. The van der Waals surface area contributed by atoms with Crippen LogP contribution in [0.2, 0.25) is 0 Å². The molecule has 1 saturated heterocycles. The molecule has 1 aliphatic carbocycles. The predicted octanol–water partition coefficient (Wildman–Crippen LogP) is 5.55. The fraction of sp³-hybridized carbons (Fsp3) is 0.281. The second-order valence-electron chi connectivity index (χ2n) is 11.4. The summed E-state index contributed by atoms with van der Waals surface area (Å²) in [5.74, 6) is 1.17. The van der Waals surface area contributed by atoms with E-state index >= 15 is 0 Å². The second-order valence-corrected chi connectivity index (χ2v) is 11.4. The molecular weight excluding hydrogens is 568 g/mol. The van der Waals surface area contributed by atoms with Crippen LogP contribution in [0.3, 0.4) is 0 Å². The minimum absolute atomic E-state index is 0.0855. The number of hydrazine groups is 1. The lowest BCUT2D eigenvalue weighted by Crippen LogP contribution is -2.39. The molecule has 0 spiro atoms. The lowest BCUT2D eigenvalue weighted by Gasteiger charge is -2.26. The summed E-state index contributed by atoms with van der Waals surface area (Å²) in [4.78, 5) is 34.2. The van der Waals surface area contributed by atoms with Crippen molar-refractivity contribution >= 4 is 23.2 Å². The Bertz CT molecular complexity index is 1700. The Labute approximate surface area is 253 Å². The number of likely N-dealkylation sites (tertiary alicyclic amines) is 1. The van der Waals surface area contributed by atoms with Crippen molar-refractivity contribution < 1.29 is 18.3 Å². The molecular formula is C32H33F2N7O3.